The number of rotatable bonds is 6. The van der Waals surface area contributed by atoms with Gasteiger partial charge >= 0.3 is 5.97 Å². The summed E-state index contributed by atoms with van der Waals surface area (Å²) in [6.45, 7) is -0.0414. The Hall–Kier alpha value is -2.34. The number of hydrogen-bond acceptors (Lipinski definition) is 4. The molecular formula is C15H14O5S. The van der Waals surface area contributed by atoms with Crippen molar-refractivity contribution in [1.82, 2.24) is 0 Å². The number of sulfone groups is 1. The molecule has 2 aromatic carbocycles. The Balaban J connectivity index is 2.11. The van der Waals surface area contributed by atoms with E-state index in [1.807, 2.05) is 6.07 Å². The van der Waals surface area contributed by atoms with Crippen molar-refractivity contribution in [2.45, 2.75) is 4.90 Å². The summed E-state index contributed by atoms with van der Waals surface area (Å²) in [6, 6.07) is 14.4. The van der Waals surface area contributed by atoms with E-state index in [0.29, 0.717) is 5.75 Å². The molecule has 0 heterocycles. The molecule has 2 aromatic rings. The maximum atomic E-state index is 12.2. The fourth-order valence-electron chi connectivity index (χ4n) is 1.81. The van der Waals surface area contributed by atoms with Gasteiger partial charge in [-0.25, -0.2) is 13.2 Å². The van der Waals surface area contributed by atoms with Crippen LogP contribution in [0.4, 0.5) is 0 Å². The summed E-state index contributed by atoms with van der Waals surface area (Å²) in [5.41, 5.74) is -0.225. The van der Waals surface area contributed by atoms with Crippen LogP contribution in [0.2, 0.25) is 0 Å². The minimum atomic E-state index is -3.71. The topological polar surface area (TPSA) is 80.7 Å². The number of carbonyl (C=O) groups is 1. The van der Waals surface area contributed by atoms with Crippen molar-refractivity contribution in [3.05, 3.63) is 60.2 Å². The number of carboxylic acids is 1. The first-order valence-electron chi connectivity index (χ1n) is 6.23. The summed E-state index contributed by atoms with van der Waals surface area (Å²) in [4.78, 5) is 10.9. The molecule has 0 aromatic heterocycles. The first kappa shape index (κ1) is 15.1. The minimum absolute atomic E-state index is 0.0414. The van der Waals surface area contributed by atoms with Crippen molar-refractivity contribution in [2.24, 2.45) is 0 Å². The molecule has 0 saturated heterocycles. The molecule has 2 rings (SSSR count). The van der Waals surface area contributed by atoms with Crippen LogP contribution >= 0.6 is 0 Å². The molecule has 0 radical (unpaired) electrons. The van der Waals surface area contributed by atoms with Gasteiger partial charge in [0.25, 0.3) is 0 Å². The van der Waals surface area contributed by atoms with Crippen LogP contribution in [0, 0.1) is 0 Å². The normalized spacial score (nSPS) is 11.0. The molecule has 6 heteroatoms. The molecule has 1 N–H and O–H groups in total. The standard InChI is InChI=1S/C15H14O5S/c16-15(17)13-8-4-5-9-14(13)21(18,19)11-10-20-12-6-2-1-3-7-12/h1-9H,10-11H2,(H,16,17). The summed E-state index contributed by atoms with van der Waals surface area (Å²) in [7, 11) is -3.71. The molecule has 0 bridgehead atoms. The van der Waals surface area contributed by atoms with Gasteiger partial charge in [-0.05, 0) is 24.3 Å². The van der Waals surface area contributed by atoms with Crippen LogP contribution in [-0.2, 0) is 9.84 Å². The van der Waals surface area contributed by atoms with Gasteiger partial charge in [-0.15, -0.1) is 0 Å². The summed E-state index contributed by atoms with van der Waals surface area (Å²) in [5, 5.41) is 9.04. The van der Waals surface area contributed by atoms with Gasteiger partial charge in [0.05, 0.1) is 16.2 Å². The highest BCUT2D eigenvalue weighted by Crippen LogP contribution is 2.17. The van der Waals surface area contributed by atoms with Gasteiger partial charge in [-0.1, -0.05) is 30.3 Å². The van der Waals surface area contributed by atoms with Crippen molar-refractivity contribution in [3.8, 4) is 5.75 Å². The number of aromatic carboxylic acids is 1. The predicted molar refractivity (Wildman–Crippen MR) is 77.4 cm³/mol. The van der Waals surface area contributed by atoms with Crippen LogP contribution in [0.5, 0.6) is 5.75 Å². The zero-order valence-corrected chi connectivity index (χ0v) is 11.9. The molecule has 0 spiro atoms. The first-order valence-corrected chi connectivity index (χ1v) is 7.89. The SMILES string of the molecule is O=C(O)c1ccccc1S(=O)(=O)CCOc1ccccc1. The van der Waals surface area contributed by atoms with E-state index < -0.39 is 15.8 Å². The Morgan fingerprint density at radius 3 is 2.29 bits per heavy atom. The second kappa shape index (κ2) is 6.41. The first-order chi connectivity index (χ1) is 10.0. The van der Waals surface area contributed by atoms with E-state index in [1.165, 1.54) is 24.3 Å². The third-order valence-corrected chi connectivity index (χ3v) is 4.55. The minimum Gasteiger partial charge on any atom is -0.493 e. The maximum Gasteiger partial charge on any atom is 0.337 e. The van der Waals surface area contributed by atoms with Crippen molar-refractivity contribution in [1.29, 1.82) is 0 Å². The monoisotopic (exact) mass is 306 g/mol. The second-order valence-corrected chi connectivity index (χ2v) is 6.36. The summed E-state index contributed by atoms with van der Waals surface area (Å²) >= 11 is 0. The van der Waals surface area contributed by atoms with E-state index in [9.17, 15) is 13.2 Å². The van der Waals surface area contributed by atoms with Crippen LogP contribution in [0.25, 0.3) is 0 Å². The number of hydrogen-bond donors (Lipinski definition) is 1. The third kappa shape index (κ3) is 3.82. The van der Waals surface area contributed by atoms with Crippen LogP contribution in [0.1, 0.15) is 10.4 Å². The average molecular weight is 306 g/mol. The Kier molecular flexibility index (Phi) is 4.59. The molecule has 5 nitrogen and oxygen atoms in total. The zero-order valence-electron chi connectivity index (χ0n) is 11.1. The van der Waals surface area contributed by atoms with Gasteiger partial charge in [-0.2, -0.15) is 0 Å². The van der Waals surface area contributed by atoms with Crippen molar-refractivity contribution in [3.63, 3.8) is 0 Å². The molecule has 0 fully saturated rings. The van der Waals surface area contributed by atoms with E-state index in [2.05, 4.69) is 0 Å². The van der Waals surface area contributed by atoms with Gasteiger partial charge in [0.2, 0.25) is 0 Å². The highest BCUT2D eigenvalue weighted by molar-refractivity contribution is 7.91. The quantitative estimate of drug-likeness (QED) is 0.885. The molecule has 0 unspecified atom stereocenters. The van der Waals surface area contributed by atoms with E-state index in [1.54, 1.807) is 24.3 Å². The largest absolute Gasteiger partial charge is 0.493 e. The fourth-order valence-corrected chi connectivity index (χ4v) is 3.11. The lowest BCUT2D eigenvalue weighted by Crippen LogP contribution is -2.17. The molecular weight excluding hydrogens is 292 g/mol. The summed E-state index contributed by atoms with van der Waals surface area (Å²) in [5.74, 6) is -0.982. The highest BCUT2D eigenvalue weighted by Gasteiger charge is 2.21. The fraction of sp³-hybridized carbons (Fsp3) is 0.133. The highest BCUT2D eigenvalue weighted by atomic mass is 32.2. The van der Waals surface area contributed by atoms with E-state index in [4.69, 9.17) is 9.84 Å². The lowest BCUT2D eigenvalue weighted by molar-refractivity contribution is 0.0692. The van der Waals surface area contributed by atoms with Gasteiger partial charge in [-0.3, -0.25) is 0 Å². The number of carboxylic acid groups (broad SMARTS) is 1. The van der Waals surface area contributed by atoms with E-state index in [0.717, 1.165) is 0 Å². The zero-order chi connectivity index (χ0) is 15.3. The molecule has 0 aliphatic heterocycles. The maximum absolute atomic E-state index is 12.2. The predicted octanol–water partition coefficient (Wildman–Crippen LogP) is 2.24. The van der Waals surface area contributed by atoms with E-state index in [-0.39, 0.29) is 22.8 Å². The summed E-state index contributed by atoms with van der Waals surface area (Å²) in [6.07, 6.45) is 0. The molecule has 0 aliphatic carbocycles. The Morgan fingerprint density at radius 1 is 1.00 bits per heavy atom. The molecule has 0 aliphatic rings. The van der Waals surface area contributed by atoms with Crippen molar-refractivity contribution in [2.75, 3.05) is 12.4 Å². The van der Waals surface area contributed by atoms with Gasteiger partial charge in [0.15, 0.2) is 9.84 Å². The third-order valence-electron chi connectivity index (χ3n) is 2.82. The number of para-hydroxylation sites is 1. The number of ether oxygens (including phenoxy) is 1. The van der Waals surface area contributed by atoms with Crippen molar-refractivity contribution >= 4 is 15.8 Å². The smallest absolute Gasteiger partial charge is 0.337 e. The summed E-state index contributed by atoms with van der Waals surface area (Å²) < 4.78 is 29.7. The molecule has 110 valence electrons. The Morgan fingerprint density at radius 2 is 1.62 bits per heavy atom. The van der Waals surface area contributed by atoms with Gasteiger partial charge < -0.3 is 9.84 Å². The lowest BCUT2D eigenvalue weighted by Gasteiger charge is -2.09. The van der Waals surface area contributed by atoms with Gasteiger partial charge in [0, 0.05) is 0 Å². The van der Waals surface area contributed by atoms with Gasteiger partial charge in [0.1, 0.15) is 12.4 Å². The molecule has 0 saturated carbocycles. The van der Waals surface area contributed by atoms with Crippen LogP contribution in [0.3, 0.4) is 0 Å². The van der Waals surface area contributed by atoms with Crippen LogP contribution in [-0.4, -0.2) is 31.9 Å². The van der Waals surface area contributed by atoms with Crippen LogP contribution in [0.15, 0.2) is 59.5 Å². The van der Waals surface area contributed by atoms with Crippen LogP contribution < -0.4 is 4.74 Å². The average Bonchev–Trinajstić information content (AvgIpc) is 2.48. The number of benzene rings is 2. The van der Waals surface area contributed by atoms with E-state index >= 15 is 0 Å². The molecule has 0 amide bonds. The molecule has 0 atom stereocenters. The molecule has 21 heavy (non-hydrogen) atoms. The Bertz CT molecular complexity index is 723. The lowest BCUT2D eigenvalue weighted by atomic mass is 10.2. The Labute approximate surface area is 122 Å². The second-order valence-electron chi connectivity index (χ2n) is 4.28. The van der Waals surface area contributed by atoms with Crippen molar-refractivity contribution < 1.29 is 23.1 Å².